The molecule has 1 aromatic carbocycles. The van der Waals surface area contributed by atoms with Gasteiger partial charge in [0.15, 0.2) is 7.28 Å². The first-order valence-electron chi connectivity index (χ1n) is 4.29. The number of hydrogen-bond acceptors (Lipinski definition) is 1. The fourth-order valence-electron chi connectivity index (χ4n) is 1.29. The maximum atomic E-state index is 12.3. The molecule has 0 unspecified atom stereocenters. The van der Waals surface area contributed by atoms with Crippen LogP contribution in [0, 0.1) is 0 Å². The largest absolute Gasteiger partial charge is 0.416 e. The Balaban J connectivity index is 3.14. The van der Waals surface area contributed by atoms with Crippen LogP contribution < -0.4 is 5.46 Å². The van der Waals surface area contributed by atoms with E-state index < -0.39 is 11.7 Å². The quantitative estimate of drug-likeness (QED) is 0.716. The second-order valence-corrected chi connectivity index (χ2v) is 2.99. The van der Waals surface area contributed by atoms with Crippen molar-refractivity contribution in [3.63, 3.8) is 0 Å². The van der Waals surface area contributed by atoms with Gasteiger partial charge in [-0.25, -0.2) is 0 Å². The highest BCUT2D eigenvalue weighted by atomic mass is 19.4. The summed E-state index contributed by atoms with van der Waals surface area (Å²) in [6.07, 6.45) is -4.34. The number of rotatable bonds is 2. The molecule has 0 aliphatic rings. The molecule has 0 amide bonds. The molecule has 0 saturated heterocycles. The highest BCUT2D eigenvalue weighted by Crippen LogP contribution is 2.29. The topological polar surface area (TPSA) is 20.2 Å². The summed E-state index contributed by atoms with van der Waals surface area (Å²) in [5.74, 6) is 0. The van der Waals surface area contributed by atoms with Crippen molar-refractivity contribution in [3.8, 4) is 0 Å². The van der Waals surface area contributed by atoms with Crippen molar-refractivity contribution in [2.45, 2.75) is 19.6 Å². The summed E-state index contributed by atoms with van der Waals surface area (Å²) in [7, 11) is 0.619. The lowest BCUT2D eigenvalue weighted by Gasteiger charge is -2.10. The van der Waals surface area contributed by atoms with Gasteiger partial charge in [-0.3, -0.25) is 0 Å². The summed E-state index contributed by atoms with van der Waals surface area (Å²) >= 11 is 0. The van der Waals surface area contributed by atoms with Crippen LogP contribution in [0.3, 0.4) is 0 Å². The zero-order chi connectivity index (χ0) is 10.8. The van der Waals surface area contributed by atoms with Crippen LogP contribution in [0.5, 0.6) is 0 Å². The molecule has 0 fully saturated rings. The fourth-order valence-corrected chi connectivity index (χ4v) is 1.29. The third kappa shape index (κ3) is 2.29. The van der Waals surface area contributed by atoms with Crippen LogP contribution in [-0.2, 0) is 12.8 Å². The Bertz CT molecular complexity index is 322. The predicted octanol–water partition coefficient (Wildman–Crippen LogP) is 1.31. The monoisotopic (exact) mass is 202 g/mol. The van der Waals surface area contributed by atoms with E-state index in [1.54, 1.807) is 0 Å². The molecule has 0 saturated carbocycles. The number of hydrogen-bond donors (Lipinski definition) is 1. The van der Waals surface area contributed by atoms with Crippen molar-refractivity contribution in [2.75, 3.05) is 0 Å². The minimum absolute atomic E-state index is 0.349. The first-order valence-corrected chi connectivity index (χ1v) is 4.29. The number of halogens is 3. The SMILES string of the molecule is CBc1ccc(C(F)(F)F)cc1CO. The first-order chi connectivity index (χ1) is 6.49. The molecule has 0 bridgehead atoms. The number of aliphatic hydroxyl groups is 1. The van der Waals surface area contributed by atoms with Crippen LogP contribution in [0.4, 0.5) is 13.2 Å². The van der Waals surface area contributed by atoms with Gasteiger partial charge in [-0.2, -0.15) is 13.2 Å². The number of alkyl halides is 3. The molecule has 1 rings (SSSR count). The minimum atomic E-state index is -4.34. The first kappa shape index (κ1) is 11.1. The molecule has 0 heterocycles. The lowest BCUT2D eigenvalue weighted by molar-refractivity contribution is -0.137. The molecule has 0 atom stereocenters. The van der Waals surface area contributed by atoms with Gasteiger partial charge in [0.25, 0.3) is 0 Å². The van der Waals surface area contributed by atoms with E-state index in [-0.39, 0.29) is 6.61 Å². The highest BCUT2D eigenvalue weighted by molar-refractivity contribution is 6.52. The Hall–Kier alpha value is -0.965. The van der Waals surface area contributed by atoms with Crippen LogP contribution in [0.15, 0.2) is 18.2 Å². The summed E-state index contributed by atoms with van der Waals surface area (Å²) in [5.41, 5.74) is 0.390. The Kier molecular flexibility index (Phi) is 3.21. The number of benzene rings is 1. The highest BCUT2D eigenvalue weighted by Gasteiger charge is 2.30. The van der Waals surface area contributed by atoms with Crippen LogP contribution >= 0.6 is 0 Å². The maximum Gasteiger partial charge on any atom is 0.416 e. The molecule has 0 radical (unpaired) electrons. The maximum absolute atomic E-state index is 12.3. The van der Waals surface area contributed by atoms with Crippen LogP contribution in [-0.4, -0.2) is 12.4 Å². The van der Waals surface area contributed by atoms with Gasteiger partial charge in [0, 0.05) is 0 Å². The molecule has 1 nitrogen and oxygen atoms in total. The Morgan fingerprint density at radius 2 is 2.00 bits per heavy atom. The fraction of sp³-hybridized carbons (Fsp3) is 0.333. The van der Waals surface area contributed by atoms with Gasteiger partial charge in [0.2, 0.25) is 0 Å². The third-order valence-electron chi connectivity index (χ3n) is 2.08. The number of aliphatic hydroxyl groups excluding tert-OH is 1. The van der Waals surface area contributed by atoms with Crippen LogP contribution in [0.25, 0.3) is 0 Å². The van der Waals surface area contributed by atoms with Gasteiger partial charge in [-0.05, 0) is 11.6 Å². The minimum Gasteiger partial charge on any atom is -0.392 e. The molecule has 1 aromatic rings. The predicted molar refractivity (Wildman–Crippen MR) is 50.0 cm³/mol. The average Bonchev–Trinajstić information content (AvgIpc) is 2.15. The van der Waals surface area contributed by atoms with Crippen molar-refractivity contribution in [2.24, 2.45) is 0 Å². The average molecular weight is 202 g/mol. The van der Waals surface area contributed by atoms with Gasteiger partial charge in [-0.1, -0.05) is 24.4 Å². The molecule has 5 heteroatoms. The molecule has 14 heavy (non-hydrogen) atoms. The molecule has 0 spiro atoms. The van der Waals surface area contributed by atoms with E-state index >= 15 is 0 Å². The molecule has 0 aliphatic heterocycles. The van der Waals surface area contributed by atoms with E-state index in [4.69, 9.17) is 5.11 Å². The Morgan fingerprint density at radius 1 is 1.36 bits per heavy atom. The van der Waals surface area contributed by atoms with Crippen LogP contribution in [0.2, 0.25) is 6.82 Å². The van der Waals surface area contributed by atoms with E-state index in [0.717, 1.165) is 17.6 Å². The Morgan fingerprint density at radius 3 is 2.43 bits per heavy atom. The lowest BCUT2D eigenvalue weighted by atomic mass is 9.71. The van der Waals surface area contributed by atoms with Gasteiger partial charge >= 0.3 is 6.18 Å². The summed E-state index contributed by atoms with van der Waals surface area (Å²) in [6, 6.07) is 3.45. The van der Waals surface area contributed by atoms with E-state index in [0.29, 0.717) is 12.8 Å². The third-order valence-corrected chi connectivity index (χ3v) is 2.08. The van der Waals surface area contributed by atoms with Crippen molar-refractivity contribution >= 4 is 12.7 Å². The van der Waals surface area contributed by atoms with Crippen molar-refractivity contribution in [1.29, 1.82) is 0 Å². The lowest BCUT2D eigenvalue weighted by Crippen LogP contribution is -2.19. The van der Waals surface area contributed by atoms with Crippen molar-refractivity contribution in [3.05, 3.63) is 29.3 Å². The van der Waals surface area contributed by atoms with Gasteiger partial charge in [-0.15, -0.1) is 0 Å². The molecule has 0 aromatic heterocycles. The normalized spacial score (nSPS) is 11.5. The molecule has 76 valence electrons. The van der Waals surface area contributed by atoms with E-state index in [9.17, 15) is 13.2 Å². The second kappa shape index (κ2) is 4.04. The Labute approximate surface area is 80.8 Å². The summed E-state index contributed by atoms with van der Waals surface area (Å²) < 4.78 is 36.8. The summed E-state index contributed by atoms with van der Waals surface area (Å²) in [5, 5.41) is 8.87. The van der Waals surface area contributed by atoms with Gasteiger partial charge in [0.05, 0.1) is 12.2 Å². The molecule has 1 N–H and O–H groups in total. The van der Waals surface area contributed by atoms with Gasteiger partial charge in [0.1, 0.15) is 0 Å². The molecular weight excluding hydrogens is 192 g/mol. The van der Waals surface area contributed by atoms with Gasteiger partial charge < -0.3 is 5.11 Å². The zero-order valence-corrected chi connectivity index (χ0v) is 7.73. The molecular formula is C9H10BF3O. The van der Waals surface area contributed by atoms with E-state index in [1.807, 2.05) is 6.82 Å². The van der Waals surface area contributed by atoms with E-state index in [2.05, 4.69) is 0 Å². The van der Waals surface area contributed by atoms with Crippen molar-refractivity contribution in [1.82, 2.24) is 0 Å². The zero-order valence-electron chi connectivity index (χ0n) is 7.73. The summed E-state index contributed by atoms with van der Waals surface area (Å²) in [4.78, 5) is 0. The summed E-state index contributed by atoms with van der Waals surface area (Å²) in [6.45, 7) is 1.48. The van der Waals surface area contributed by atoms with E-state index in [1.165, 1.54) is 6.07 Å². The smallest absolute Gasteiger partial charge is 0.392 e. The standard InChI is InChI=1S/C9H10BF3O/c1-10-8-3-2-7(9(11,12)13)4-6(8)5-14/h2-4,10,14H,5H2,1H3. The molecule has 0 aliphatic carbocycles. The van der Waals surface area contributed by atoms with Crippen molar-refractivity contribution < 1.29 is 18.3 Å². The second-order valence-electron chi connectivity index (χ2n) is 2.99. The van der Waals surface area contributed by atoms with Crippen LogP contribution in [0.1, 0.15) is 11.1 Å².